The summed E-state index contributed by atoms with van der Waals surface area (Å²) in [7, 11) is 1.65. The molecule has 1 heterocycles. The van der Waals surface area contributed by atoms with Crippen molar-refractivity contribution in [1.29, 1.82) is 0 Å². The van der Waals surface area contributed by atoms with Gasteiger partial charge >= 0.3 is 5.97 Å². The van der Waals surface area contributed by atoms with Crippen LogP contribution in [0.15, 0.2) is 18.2 Å². The van der Waals surface area contributed by atoms with Gasteiger partial charge in [-0.1, -0.05) is 12.8 Å². The zero-order valence-electron chi connectivity index (χ0n) is 13.8. The molecule has 1 saturated carbocycles. The van der Waals surface area contributed by atoms with E-state index < -0.39 is 0 Å². The molecule has 5 heteroatoms. The van der Waals surface area contributed by atoms with Crippen LogP contribution in [-0.4, -0.2) is 30.7 Å². The SMILES string of the molecule is CCOC(=O)c1[nH]c2ccc(OC)cc2c1CNC1CCCC1. The topological polar surface area (TPSA) is 63.4 Å². The number of benzene rings is 1. The van der Waals surface area contributed by atoms with E-state index in [1.54, 1.807) is 7.11 Å². The fourth-order valence-corrected chi connectivity index (χ4v) is 3.29. The van der Waals surface area contributed by atoms with Gasteiger partial charge < -0.3 is 19.8 Å². The maximum Gasteiger partial charge on any atom is 0.355 e. The summed E-state index contributed by atoms with van der Waals surface area (Å²) in [6.07, 6.45) is 4.98. The largest absolute Gasteiger partial charge is 0.497 e. The molecule has 1 aromatic heterocycles. The van der Waals surface area contributed by atoms with E-state index in [4.69, 9.17) is 9.47 Å². The van der Waals surface area contributed by atoms with Crippen LogP contribution in [0.2, 0.25) is 0 Å². The summed E-state index contributed by atoms with van der Waals surface area (Å²) in [6.45, 7) is 2.85. The molecule has 1 aromatic carbocycles. The summed E-state index contributed by atoms with van der Waals surface area (Å²) in [5, 5.41) is 4.59. The van der Waals surface area contributed by atoms with Gasteiger partial charge in [-0.25, -0.2) is 4.79 Å². The minimum absolute atomic E-state index is 0.300. The Labute approximate surface area is 136 Å². The highest BCUT2D eigenvalue weighted by molar-refractivity contribution is 5.98. The van der Waals surface area contributed by atoms with Crippen molar-refractivity contribution in [3.63, 3.8) is 0 Å². The molecular weight excluding hydrogens is 292 g/mol. The molecule has 124 valence electrons. The lowest BCUT2D eigenvalue weighted by Crippen LogP contribution is -2.26. The van der Waals surface area contributed by atoms with E-state index in [0.29, 0.717) is 24.9 Å². The van der Waals surface area contributed by atoms with Crippen molar-refractivity contribution in [3.8, 4) is 5.75 Å². The predicted octanol–water partition coefficient (Wildman–Crippen LogP) is 3.39. The predicted molar refractivity (Wildman–Crippen MR) is 89.9 cm³/mol. The molecule has 1 fully saturated rings. The van der Waals surface area contributed by atoms with Gasteiger partial charge in [0.05, 0.1) is 13.7 Å². The van der Waals surface area contributed by atoms with Gasteiger partial charge in [-0.3, -0.25) is 0 Å². The normalized spacial score (nSPS) is 15.2. The van der Waals surface area contributed by atoms with Crippen molar-refractivity contribution in [3.05, 3.63) is 29.5 Å². The third-order valence-electron chi connectivity index (χ3n) is 4.52. The maximum atomic E-state index is 12.3. The first-order valence-electron chi connectivity index (χ1n) is 8.32. The minimum atomic E-state index is -0.300. The number of aromatic nitrogens is 1. The van der Waals surface area contributed by atoms with Gasteiger partial charge in [0, 0.05) is 29.1 Å². The zero-order chi connectivity index (χ0) is 16.2. The fourth-order valence-electron chi connectivity index (χ4n) is 3.29. The van der Waals surface area contributed by atoms with Gasteiger partial charge in [-0.15, -0.1) is 0 Å². The van der Waals surface area contributed by atoms with E-state index in [0.717, 1.165) is 22.2 Å². The number of carbonyl (C=O) groups is 1. The lowest BCUT2D eigenvalue weighted by atomic mass is 10.1. The summed E-state index contributed by atoms with van der Waals surface area (Å²) in [6, 6.07) is 6.35. The smallest absolute Gasteiger partial charge is 0.355 e. The zero-order valence-corrected chi connectivity index (χ0v) is 13.8. The summed E-state index contributed by atoms with van der Waals surface area (Å²) >= 11 is 0. The Kier molecular flexibility index (Phi) is 4.86. The standard InChI is InChI=1S/C18H24N2O3/c1-3-23-18(21)17-15(11-19-12-6-4-5-7-12)14-10-13(22-2)8-9-16(14)20-17/h8-10,12,19-20H,3-7,11H2,1-2H3. The number of rotatable bonds is 6. The molecule has 1 aliphatic carbocycles. The summed E-state index contributed by atoms with van der Waals surface area (Å²) in [4.78, 5) is 15.5. The van der Waals surface area contributed by atoms with Crippen LogP contribution in [0.25, 0.3) is 10.9 Å². The quantitative estimate of drug-likeness (QED) is 0.802. The third-order valence-corrected chi connectivity index (χ3v) is 4.52. The summed E-state index contributed by atoms with van der Waals surface area (Å²) < 4.78 is 10.5. The average molecular weight is 316 g/mol. The highest BCUT2D eigenvalue weighted by Crippen LogP contribution is 2.28. The molecule has 2 N–H and O–H groups in total. The first-order valence-corrected chi connectivity index (χ1v) is 8.32. The van der Waals surface area contributed by atoms with Crippen LogP contribution in [0.3, 0.4) is 0 Å². The molecule has 0 bridgehead atoms. The van der Waals surface area contributed by atoms with E-state index >= 15 is 0 Å². The van der Waals surface area contributed by atoms with E-state index in [9.17, 15) is 4.79 Å². The lowest BCUT2D eigenvalue weighted by molar-refractivity contribution is 0.0519. The Morgan fingerprint density at radius 2 is 2.13 bits per heavy atom. The highest BCUT2D eigenvalue weighted by Gasteiger charge is 2.21. The van der Waals surface area contributed by atoms with Crippen molar-refractivity contribution >= 4 is 16.9 Å². The van der Waals surface area contributed by atoms with Gasteiger partial charge in [0.2, 0.25) is 0 Å². The van der Waals surface area contributed by atoms with Crippen LogP contribution < -0.4 is 10.1 Å². The van der Waals surface area contributed by atoms with E-state index in [2.05, 4.69) is 10.3 Å². The van der Waals surface area contributed by atoms with Gasteiger partial charge in [-0.05, 0) is 38.0 Å². The lowest BCUT2D eigenvalue weighted by Gasteiger charge is -2.12. The number of hydrogen-bond donors (Lipinski definition) is 2. The molecule has 0 aliphatic heterocycles. The number of esters is 1. The van der Waals surface area contributed by atoms with Gasteiger partial charge in [-0.2, -0.15) is 0 Å². The van der Waals surface area contributed by atoms with Crippen molar-refractivity contribution in [1.82, 2.24) is 10.3 Å². The number of methoxy groups -OCH3 is 1. The molecule has 0 amide bonds. The fraction of sp³-hybridized carbons (Fsp3) is 0.500. The van der Waals surface area contributed by atoms with Crippen LogP contribution in [0.5, 0.6) is 5.75 Å². The first-order chi connectivity index (χ1) is 11.2. The maximum absolute atomic E-state index is 12.3. The van der Waals surface area contributed by atoms with Crippen LogP contribution in [0.1, 0.15) is 48.7 Å². The molecule has 0 spiro atoms. The molecular formula is C18H24N2O3. The third kappa shape index (κ3) is 3.34. The van der Waals surface area contributed by atoms with E-state index in [-0.39, 0.29) is 5.97 Å². The molecule has 2 aromatic rings. The van der Waals surface area contributed by atoms with E-state index in [1.165, 1.54) is 25.7 Å². The van der Waals surface area contributed by atoms with Gasteiger partial charge in [0.15, 0.2) is 0 Å². The molecule has 0 radical (unpaired) electrons. The van der Waals surface area contributed by atoms with Crippen molar-refractivity contribution in [2.24, 2.45) is 0 Å². The van der Waals surface area contributed by atoms with Crippen molar-refractivity contribution in [2.75, 3.05) is 13.7 Å². The number of carbonyl (C=O) groups excluding carboxylic acids is 1. The molecule has 23 heavy (non-hydrogen) atoms. The monoisotopic (exact) mass is 316 g/mol. The minimum Gasteiger partial charge on any atom is -0.497 e. The van der Waals surface area contributed by atoms with Crippen LogP contribution in [0, 0.1) is 0 Å². The summed E-state index contributed by atoms with van der Waals surface area (Å²) in [5.74, 6) is 0.486. The molecule has 0 atom stereocenters. The van der Waals surface area contributed by atoms with Crippen molar-refractivity contribution < 1.29 is 14.3 Å². The number of aromatic amines is 1. The number of H-pyrrole nitrogens is 1. The molecule has 1 aliphatic rings. The Morgan fingerprint density at radius 1 is 1.35 bits per heavy atom. The number of hydrogen-bond acceptors (Lipinski definition) is 4. The Morgan fingerprint density at radius 3 is 2.83 bits per heavy atom. The number of fused-ring (bicyclic) bond motifs is 1. The van der Waals surface area contributed by atoms with Crippen molar-refractivity contribution in [2.45, 2.75) is 45.2 Å². The average Bonchev–Trinajstić information content (AvgIpc) is 3.20. The Bertz CT molecular complexity index is 687. The molecule has 0 saturated heterocycles. The Hall–Kier alpha value is -2.01. The van der Waals surface area contributed by atoms with Crippen LogP contribution in [0.4, 0.5) is 0 Å². The second-order valence-corrected chi connectivity index (χ2v) is 5.97. The van der Waals surface area contributed by atoms with Crippen LogP contribution >= 0.6 is 0 Å². The molecule has 0 unspecified atom stereocenters. The van der Waals surface area contributed by atoms with Gasteiger partial charge in [0.1, 0.15) is 11.4 Å². The molecule has 5 nitrogen and oxygen atoms in total. The van der Waals surface area contributed by atoms with E-state index in [1.807, 2.05) is 25.1 Å². The van der Waals surface area contributed by atoms with Gasteiger partial charge in [0.25, 0.3) is 0 Å². The number of ether oxygens (including phenoxy) is 2. The summed E-state index contributed by atoms with van der Waals surface area (Å²) in [5.41, 5.74) is 2.43. The van der Waals surface area contributed by atoms with Crippen LogP contribution in [-0.2, 0) is 11.3 Å². The molecule has 3 rings (SSSR count). The highest BCUT2D eigenvalue weighted by atomic mass is 16.5. The Balaban J connectivity index is 1.94. The second-order valence-electron chi connectivity index (χ2n) is 5.97. The number of nitrogens with one attached hydrogen (secondary N) is 2. The second kappa shape index (κ2) is 7.04. The first kappa shape index (κ1) is 15.9.